The summed E-state index contributed by atoms with van der Waals surface area (Å²) in [5.41, 5.74) is 2.51. The number of aromatic nitrogens is 2. The van der Waals surface area contributed by atoms with Crippen molar-refractivity contribution in [1.82, 2.24) is 9.38 Å². The van der Waals surface area contributed by atoms with E-state index in [9.17, 15) is 9.18 Å². The van der Waals surface area contributed by atoms with Crippen molar-refractivity contribution in [3.05, 3.63) is 71.5 Å². The second-order valence-electron chi connectivity index (χ2n) is 6.69. The first kappa shape index (κ1) is 19.1. The Kier molecular flexibility index (Phi) is 5.57. The molecule has 2 aromatic carbocycles. The zero-order valence-electron chi connectivity index (χ0n) is 15.9. The van der Waals surface area contributed by atoms with E-state index in [1.807, 2.05) is 47.2 Å². The van der Waals surface area contributed by atoms with Crippen molar-refractivity contribution in [2.24, 2.45) is 0 Å². The summed E-state index contributed by atoms with van der Waals surface area (Å²) in [6.07, 6.45) is 2.78. The largest absolute Gasteiger partial charge is 0.494 e. The van der Waals surface area contributed by atoms with Crippen LogP contribution in [0.1, 0.15) is 18.4 Å². The SMILES string of the molecule is Cc1cccc(OCCCC(=O)Nc2c(-c3ccc(F)cc3)nc3sccn23)c1. The van der Waals surface area contributed by atoms with Gasteiger partial charge in [0, 0.05) is 23.6 Å². The second-order valence-corrected chi connectivity index (χ2v) is 7.56. The number of halogens is 1. The topological polar surface area (TPSA) is 55.6 Å². The first-order valence-corrected chi connectivity index (χ1v) is 10.2. The summed E-state index contributed by atoms with van der Waals surface area (Å²) < 4.78 is 20.8. The molecule has 5 nitrogen and oxygen atoms in total. The lowest BCUT2D eigenvalue weighted by Crippen LogP contribution is -2.14. The Bertz CT molecular complexity index is 1130. The molecule has 0 atom stereocenters. The molecule has 2 aromatic heterocycles. The smallest absolute Gasteiger partial charge is 0.225 e. The number of hydrogen-bond donors (Lipinski definition) is 1. The molecule has 7 heteroatoms. The number of amides is 1. The van der Waals surface area contributed by atoms with Gasteiger partial charge in [0.15, 0.2) is 4.96 Å². The van der Waals surface area contributed by atoms with Gasteiger partial charge < -0.3 is 10.1 Å². The standard InChI is InChI=1S/C22H20FN3O2S/c1-15-4-2-5-18(14-15)28-12-3-6-19(27)24-21-20(16-7-9-17(23)10-8-16)25-22-26(21)11-13-29-22/h2,4-5,7-11,13-14H,3,6,12H2,1H3,(H,24,27). The highest BCUT2D eigenvalue weighted by molar-refractivity contribution is 7.15. The number of aryl methyl sites for hydroxylation is 1. The van der Waals surface area contributed by atoms with Gasteiger partial charge in [-0.15, -0.1) is 11.3 Å². The van der Waals surface area contributed by atoms with Crippen LogP contribution in [-0.2, 0) is 4.79 Å². The van der Waals surface area contributed by atoms with E-state index in [2.05, 4.69) is 10.3 Å². The third-order valence-corrected chi connectivity index (χ3v) is 5.20. The van der Waals surface area contributed by atoms with Gasteiger partial charge >= 0.3 is 0 Å². The quantitative estimate of drug-likeness (QED) is 0.421. The molecule has 0 bridgehead atoms. The van der Waals surface area contributed by atoms with Crippen LogP contribution >= 0.6 is 11.3 Å². The lowest BCUT2D eigenvalue weighted by Gasteiger charge is -2.09. The number of ether oxygens (including phenoxy) is 1. The number of nitrogens with zero attached hydrogens (tertiary/aromatic N) is 2. The average Bonchev–Trinajstić information content (AvgIpc) is 3.29. The van der Waals surface area contributed by atoms with Crippen LogP contribution in [0, 0.1) is 12.7 Å². The Labute approximate surface area is 171 Å². The molecule has 0 spiro atoms. The van der Waals surface area contributed by atoms with Gasteiger partial charge in [0.25, 0.3) is 0 Å². The second kappa shape index (κ2) is 8.45. The predicted octanol–water partition coefficient (Wildman–Crippen LogP) is 5.31. The number of carbonyl (C=O) groups excluding carboxylic acids is 1. The molecule has 29 heavy (non-hydrogen) atoms. The number of fused-ring (bicyclic) bond motifs is 1. The van der Waals surface area contributed by atoms with Gasteiger partial charge in [-0.05, 0) is 55.3 Å². The molecule has 0 saturated carbocycles. The number of rotatable bonds is 7. The summed E-state index contributed by atoms with van der Waals surface area (Å²) in [4.78, 5) is 17.9. The maximum absolute atomic E-state index is 13.3. The number of hydrogen-bond acceptors (Lipinski definition) is 4. The van der Waals surface area contributed by atoms with Gasteiger partial charge in [-0.3, -0.25) is 9.20 Å². The van der Waals surface area contributed by atoms with Crippen molar-refractivity contribution in [2.45, 2.75) is 19.8 Å². The number of imidazole rings is 1. The first-order chi connectivity index (χ1) is 14.1. The Morgan fingerprint density at radius 3 is 2.86 bits per heavy atom. The molecule has 1 amide bonds. The zero-order chi connectivity index (χ0) is 20.2. The number of benzene rings is 2. The molecule has 0 unspecified atom stereocenters. The van der Waals surface area contributed by atoms with E-state index in [1.165, 1.54) is 23.5 Å². The normalized spacial score (nSPS) is 11.0. The molecule has 148 valence electrons. The average molecular weight is 409 g/mol. The van der Waals surface area contributed by atoms with E-state index < -0.39 is 0 Å². The Balaban J connectivity index is 1.41. The highest BCUT2D eigenvalue weighted by atomic mass is 32.1. The fourth-order valence-corrected chi connectivity index (χ4v) is 3.75. The van der Waals surface area contributed by atoms with Crippen LogP contribution in [-0.4, -0.2) is 21.9 Å². The van der Waals surface area contributed by atoms with Crippen LogP contribution < -0.4 is 10.1 Å². The Morgan fingerprint density at radius 2 is 2.07 bits per heavy atom. The van der Waals surface area contributed by atoms with Gasteiger partial charge in [0.05, 0.1) is 6.61 Å². The van der Waals surface area contributed by atoms with Gasteiger partial charge in [-0.2, -0.15) is 0 Å². The summed E-state index contributed by atoms with van der Waals surface area (Å²) in [5.74, 6) is 0.973. The van der Waals surface area contributed by atoms with Crippen LogP contribution in [0.3, 0.4) is 0 Å². The summed E-state index contributed by atoms with van der Waals surface area (Å²) in [7, 11) is 0. The minimum atomic E-state index is -0.311. The first-order valence-electron chi connectivity index (χ1n) is 9.31. The highest BCUT2D eigenvalue weighted by Crippen LogP contribution is 2.31. The molecule has 0 saturated heterocycles. The third kappa shape index (κ3) is 4.46. The van der Waals surface area contributed by atoms with Gasteiger partial charge in [0.1, 0.15) is 23.1 Å². The maximum atomic E-state index is 13.3. The minimum Gasteiger partial charge on any atom is -0.494 e. The number of thiazole rings is 1. The van der Waals surface area contributed by atoms with Crippen LogP contribution in [0.25, 0.3) is 16.2 Å². The molecule has 0 aliphatic heterocycles. The molecule has 4 rings (SSSR count). The summed E-state index contributed by atoms with van der Waals surface area (Å²) in [6, 6.07) is 13.9. The summed E-state index contributed by atoms with van der Waals surface area (Å²) in [6.45, 7) is 2.47. The van der Waals surface area contributed by atoms with E-state index in [-0.39, 0.29) is 11.7 Å². The minimum absolute atomic E-state index is 0.116. The summed E-state index contributed by atoms with van der Waals surface area (Å²) >= 11 is 1.47. The molecule has 1 N–H and O–H groups in total. The van der Waals surface area contributed by atoms with Crippen molar-refractivity contribution < 1.29 is 13.9 Å². The van der Waals surface area contributed by atoms with Gasteiger partial charge in [0.2, 0.25) is 5.91 Å². The van der Waals surface area contributed by atoms with Gasteiger partial charge in [-0.25, -0.2) is 9.37 Å². The summed E-state index contributed by atoms with van der Waals surface area (Å²) in [5, 5.41) is 4.86. The number of anilines is 1. The van der Waals surface area contributed by atoms with E-state index in [0.717, 1.165) is 21.8 Å². The van der Waals surface area contributed by atoms with Crippen LogP contribution in [0.5, 0.6) is 5.75 Å². The molecular formula is C22H20FN3O2S. The predicted molar refractivity (Wildman–Crippen MR) is 113 cm³/mol. The van der Waals surface area contributed by atoms with Crippen LogP contribution in [0.15, 0.2) is 60.1 Å². The molecule has 2 heterocycles. The van der Waals surface area contributed by atoms with Gasteiger partial charge in [-0.1, -0.05) is 12.1 Å². The molecular weight excluding hydrogens is 389 g/mol. The van der Waals surface area contributed by atoms with Crippen molar-refractivity contribution in [3.63, 3.8) is 0 Å². The molecule has 0 aliphatic rings. The van der Waals surface area contributed by atoms with E-state index in [1.54, 1.807) is 12.1 Å². The zero-order valence-corrected chi connectivity index (χ0v) is 16.7. The van der Waals surface area contributed by atoms with Crippen molar-refractivity contribution in [2.75, 3.05) is 11.9 Å². The molecule has 0 aliphatic carbocycles. The van der Waals surface area contributed by atoms with Crippen molar-refractivity contribution >= 4 is 28.0 Å². The van der Waals surface area contributed by atoms with E-state index in [4.69, 9.17) is 4.74 Å². The molecule has 0 radical (unpaired) electrons. The monoisotopic (exact) mass is 409 g/mol. The Hall–Kier alpha value is -3.19. The van der Waals surface area contributed by atoms with Crippen molar-refractivity contribution in [3.8, 4) is 17.0 Å². The van der Waals surface area contributed by atoms with E-state index in [0.29, 0.717) is 31.0 Å². The Morgan fingerprint density at radius 1 is 1.24 bits per heavy atom. The van der Waals surface area contributed by atoms with Crippen LogP contribution in [0.4, 0.5) is 10.2 Å². The lowest BCUT2D eigenvalue weighted by atomic mass is 10.1. The lowest BCUT2D eigenvalue weighted by molar-refractivity contribution is -0.116. The fourth-order valence-electron chi connectivity index (χ4n) is 3.04. The highest BCUT2D eigenvalue weighted by Gasteiger charge is 2.17. The van der Waals surface area contributed by atoms with Crippen molar-refractivity contribution in [1.29, 1.82) is 0 Å². The third-order valence-electron chi connectivity index (χ3n) is 4.44. The van der Waals surface area contributed by atoms with Crippen LogP contribution in [0.2, 0.25) is 0 Å². The fraction of sp³-hybridized carbons (Fsp3) is 0.182. The van der Waals surface area contributed by atoms with E-state index >= 15 is 0 Å². The molecule has 0 fully saturated rings. The number of carbonyl (C=O) groups is 1. The number of nitrogens with one attached hydrogen (secondary N) is 1. The maximum Gasteiger partial charge on any atom is 0.225 e. The molecule has 4 aromatic rings.